The number of aliphatic carboxylic acids is 1. The monoisotopic (exact) mass is 405 g/mol. The summed E-state index contributed by atoms with van der Waals surface area (Å²) in [5.41, 5.74) is 1.87. The van der Waals surface area contributed by atoms with E-state index in [4.69, 9.17) is 11.6 Å². The van der Waals surface area contributed by atoms with Crippen LogP contribution in [0.15, 0.2) is 24.3 Å². The summed E-state index contributed by atoms with van der Waals surface area (Å²) >= 11 is 6.14. The zero-order valence-corrected chi connectivity index (χ0v) is 17.8. The normalized spacial score (nSPS) is 12.4. The van der Waals surface area contributed by atoms with Gasteiger partial charge < -0.3 is 5.11 Å². The maximum Gasteiger partial charge on any atom is 0.303 e. The van der Waals surface area contributed by atoms with Crippen molar-refractivity contribution in [2.45, 2.75) is 78.1 Å². The minimum Gasteiger partial charge on any atom is -0.481 e. The van der Waals surface area contributed by atoms with Gasteiger partial charge in [-0.1, -0.05) is 57.6 Å². The lowest BCUT2D eigenvalue weighted by Gasteiger charge is -2.16. The maximum atomic E-state index is 13.2. The highest BCUT2D eigenvalue weighted by atomic mass is 35.5. The molecule has 154 valence electrons. The van der Waals surface area contributed by atoms with E-state index in [0.29, 0.717) is 5.02 Å². The Hall–Kier alpha value is -1.81. The lowest BCUT2D eigenvalue weighted by Crippen LogP contribution is -2.19. The van der Waals surface area contributed by atoms with Crippen LogP contribution in [-0.2, 0) is 11.2 Å². The van der Waals surface area contributed by atoms with E-state index in [0.717, 1.165) is 55.1 Å². The van der Waals surface area contributed by atoms with Gasteiger partial charge in [0.05, 0.1) is 5.52 Å². The van der Waals surface area contributed by atoms with Gasteiger partial charge in [0.15, 0.2) is 0 Å². The number of rotatable bonds is 12. The molecule has 0 radical (unpaired) electrons. The van der Waals surface area contributed by atoms with Crippen molar-refractivity contribution in [2.75, 3.05) is 0 Å². The van der Waals surface area contributed by atoms with Crippen LogP contribution in [0, 0.1) is 5.92 Å². The van der Waals surface area contributed by atoms with E-state index in [1.165, 1.54) is 12.8 Å². The Balaban J connectivity index is 2.27. The van der Waals surface area contributed by atoms with Gasteiger partial charge in [-0.05, 0) is 49.4 Å². The van der Waals surface area contributed by atoms with Crippen molar-refractivity contribution in [3.8, 4) is 0 Å². The van der Waals surface area contributed by atoms with Crippen LogP contribution in [0.1, 0.15) is 82.1 Å². The van der Waals surface area contributed by atoms with Crippen LogP contribution in [0.3, 0.4) is 0 Å². The Labute approximate surface area is 172 Å². The number of carboxylic acid groups (broad SMARTS) is 1. The second-order valence-corrected chi connectivity index (χ2v) is 8.13. The van der Waals surface area contributed by atoms with Gasteiger partial charge in [-0.3, -0.25) is 14.2 Å². The quantitative estimate of drug-likeness (QED) is 0.398. The van der Waals surface area contributed by atoms with E-state index in [9.17, 15) is 14.7 Å². The number of nitrogens with zero attached hydrogens (tertiary/aromatic N) is 1. The Bertz CT molecular complexity index is 796. The summed E-state index contributed by atoms with van der Waals surface area (Å²) in [7, 11) is 0. The lowest BCUT2D eigenvalue weighted by molar-refractivity contribution is -0.138. The molecule has 1 aromatic heterocycles. The summed E-state index contributed by atoms with van der Waals surface area (Å²) in [5, 5.41) is 10.8. The highest BCUT2D eigenvalue weighted by Gasteiger charge is 2.21. The van der Waals surface area contributed by atoms with E-state index < -0.39 is 5.97 Å². The number of aromatic nitrogens is 1. The van der Waals surface area contributed by atoms with Gasteiger partial charge in [0.1, 0.15) is 0 Å². The molecule has 2 aromatic rings. The first-order valence-corrected chi connectivity index (χ1v) is 10.9. The van der Waals surface area contributed by atoms with Gasteiger partial charge in [-0.15, -0.1) is 0 Å². The average Bonchev–Trinajstić information content (AvgIpc) is 3.00. The minimum absolute atomic E-state index is 0.00910. The minimum atomic E-state index is -0.835. The van der Waals surface area contributed by atoms with Crippen LogP contribution in [0.5, 0.6) is 0 Å². The van der Waals surface area contributed by atoms with Crippen molar-refractivity contribution in [1.29, 1.82) is 0 Å². The van der Waals surface area contributed by atoms with Crippen LogP contribution in [0.2, 0.25) is 5.02 Å². The van der Waals surface area contributed by atoms with Crippen LogP contribution in [0.4, 0.5) is 0 Å². The fourth-order valence-electron chi connectivity index (χ4n) is 3.81. The number of halogens is 1. The Morgan fingerprint density at radius 1 is 1.04 bits per heavy atom. The van der Waals surface area contributed by atoms with Crippen molar-refractivity contribution in [1.82, 2.24) is 4.57 Å². The largest absolute Gasteiger partial charge is 0.481 e. The molecule has 0 saturated heterocycles. The van der Waals surface area contributed by atoms with Crippen LogP contribution >= 0.6 is 11.6 Å². The van der Waals surface area contributed by atoms with Gasteiger partial charge in [0.25, 0.3) is 0 Å². The molecule has 0 saturated carbocycles. The Morgan fingerprint density at radius 3 is 2.46 bits per heavy atom. The number of carbonyl (C=O) groups excluding carboxylic acids is 1. The first-order chi connectivity index (χ1) is 13.5. The molecule has 0 fully saturated rings. The highest BCUT2D eigenvalue weighted by molar-refractivity contribution is 6.31. The number of hydrogen-bond acceptors (Lipinski definition) is 2. The molecule has 2 rings (SSSR count). The number of fused-ring (bicyclic) bond motifs is 1. The smallest absolute Gasteiger partial charge is 0.303 e. The maximum absolute atomic E-state index is 13.2. The molecule has 0 amide bonds. The highest BCUT2D eigenvalue weighted by Crippen LogP contribution is 2.27. The van der Waals surface area contributed by atoms with Crippen LogP contribution in [-0.4, -0.2) is 21.6 Å². The molecule has 0 aliphatic carbocycles. The van der Waals surface area contributed by atoms with E-state index in [-0.39, 0.29) is 24.7 Å². The van der Waals surface area contributed by atoms with Crippen molar-refractivity contribution in [2.24, 2.45) is 5.92 Å². The van der Waals surface area contributed by atoms with Gasteiger partial charge in [-0.2, -0.15) is 0 Å². The molecule has 0 spiro atoms. The summed E-state index contributed by atoms with van der Waals surface area (Å²) in [5.74, 6) is -0.967. The van der Waals surface area contributed by atoms with Gasteiger partial charge >= 0.3 is 5.97 Å². The first-order valence-electron chi connectivity index (χ1n) is 10.5. The molecule has 28 heavy (non-hydrogen) atoms. The standard InChI is InChI=1S/C23H32ClNO3/c1-3-5-7-8-10-20-16-18-15-19(24)11-12-21(18)25(20)22(26)13-17(9-6-4-2)14-23(27)28/h11-12,15-17H,3-10,13-14H2,1-2H3,(H,27,28). The molecule has 1 atom stereocenters. The Morgan fingerprint density at radius 2 is 1.79 bits per heavy atom. The SMILES string of the molecule is CCCCCCc1cc2cc(Cl)ccc2n1C(=O)CC(CCCC)CC(=O)O. The molecule has 4 nitrogen and oxygen atoms in total. The number of benzene rings is 1. The molecule has 0 bridgehead atoms. The van der Waals surface area contributed by atoms with Gasteiger partial charge in [-0.25, -0.2) is 0 Å². The number of unbranched alkanes of at least 4 members (excludes halogenated alkanes) is 4. The van der Waals surface area contributed by atoms with Crippen LogP contribution in [0.25, 0.3) is 10.9 Å². The van der Waals surface area contributed by atoms with Crippen molar-refractivity contribution in [3.63, 3.8) is 0 Å². The van der Waals surface area contributed by atoms with Crippen molar-refractivity contribution >= 4 is 34.4 Å². The molecule has 1 heterocycles. The Kier molecular flexibility index (Phi) is 9.04. The first kappa shape index (κ1) is 22.5. The van der Waals surface area contributed by atoms with Gasteiger partial charge in [0.2, 0.25) is 5.91 Å². The van der Waals surface area contributed by atoms with Crippen molar-refractivity contribution in [3.05, 3.63) is 35.0 Å². The van der Waals surface area contributed by atoms with E-state index in [2.05, 4.69) is 19.9 Å². The average molecular weight is 406 g/mol. The summed E-state index contributed by atoms with van der Waals surface area (Å²) in [6.07, 6.45) is 8.41. The summed E-state index contributed by atoms with van der Waals surface area (Å²) in [6.45, 7) is 4.26. The molecular weight excluding hydrogens is 374 g/mol. The third-order valence-electron chi connectivity index (χ3n) is 5.27. The predicted octanol–water partition coefficient (Wildman–Crippen LogP) is 6.73. The van der Waals surface area contributed by atoms with E-state index in [1.807, 2.05) is 12.1 Å². The molecule has 1 N–H and O–H groups in total. The zero-order valence-electron chi connectivity index (χ0n) is 17.0. The van der Waals surface area contributed by atoms with E-state index >= 15 is 0 Å². The van der Waals surface area contributed by atoms with Crippen LogP contribution < -0.4 is 0 Å². The number of hydrogen-bond donors (Lipinski definition) is 1. The fraction of sp³-hybridized carbons (Fsp3) is 0.565. The molecule has 1 unspecified atom stereocenters. The summed E-state index contributed by atoms with van der Waals surface area (Å²) in [6, 6.07) is 7.65. The summed E-state index contributed by atoms with van der Waals surface area (Å²) in [4.78, 5) is 24.4. The third kappa shape index (κ3) is 6.37. The second kappa shape index (κ2) is 11.3. The molecule has 1 aromatic carbocycles. The molecular formula is C23H32ClNO3. The fourth-order valence-corrected chi connectivity index (χ4v) is 3.99. The second-order valence-electron chi connectivity index (χ2n) is 7.69. The van der Waals surface area contributed by atoms with E-state index in [1.54, 1.807) is 10.6 Å². The molecule has 5 heteroatoms. The summed E-state index contributed by atoms with van der Waals surface area (Å²) < 4.78 is 1.80. The van der Waals surface area contributed by atoms with Crippen molar-refractivity contribution < 1.29 is 14.7 Å². The lowest BCUT2D eigenvalue weighted by atomic mass is 9.94. The molecule has 0 aliphatic rings. The topological polar surface area (TPSA) is 59.3 Å². The number of carbonyl (C=O) groups is 2. The van der Waals surface area contributed by atoms with Gasteiger partial charge in [0, 0.05) is 28.9 Å². The number of aryl methyl sites for hydroxylation is 1. The third-order valence-corrected chi connectivity index (χ3v) is 5.50. The zero-order chi connectivity index (χ0) is 20.5. The predicted molar refractivity (Wildman–Crippen MR) is 115 cm³/mol. The number of carboxylic acids is 1. The molecule has 0 aliphatic heterocycles.